The van der Waals surface area contributed by atoms with Gasteiger partial charge in [0.15, 0.2) is 11.5 Å². The fourth-order valence-electron chi connectivity index (χ4n) is 2.68. The largest absolute Gasteiger partial charge is 0.493 e. The number of aryl methyl sites for hydroxylation is 1. The summed E-state index contributed by atoms with van der Waals surface area (Å²) in [5.41, 5.74) is 9.79. The number of hydrogen-bond acceptors (Lipinski definition) is 3. The van der Waals surface area contributed by atoms with Crippen molar-refractivity contribution in [1.82, 2.24) is 0 Å². The molecule has 0 amide bonds. The maximum Gasteiger partial charge on any atom is 0.161 e. The van der Waals surface area contributed by atoms with E-state index in [1.165, 1.54) is 16.7 Å². The molecule has 2 aromatic carbocycles. The van der Waals surface area contributed by atoms with Gasteiger partial charge in [-0.15, -0.1) is 0 Å². The average molecular weight is 327 g/mol. The van der Waals surface area contributed by atoms with Gasteiger partial charge in [-0.25, -0.2) is 0 Å². The zero-order valence-electron chi connectivity index (χ0n) is 15.2. The first-order valence-electron chi connectivity index (χ1n) is 8.59. The third-order valence-corrected chi connectivity index (χ3v) is 4.12. The summed E-state index contributed by atoms with van der Waals surface area (Å²) in [4.78, 5) is 0. The molecule has 0 aliphatic rings. The highest BCUT2D eigenvalue weighted by atomic mass is 16.5. The quantitative estimate of drug-likeness (QED) is 0.785. The van der Waals surface area contributed by atoms with E-state index in [1.54, 1.807) is 7.11 Å². The lowest BCUT2D eigenvalue weighted by Crippen LogP contribution is -2.15. The van der Waals surface area contributed by atoms with E-state index in [-0.39, 0.29) is 0 Å². The van der Waals surface area contributed by atoms with Gasteiger partial charge in [-0.1, -0.05) is 49.7 Å². The molecule has 0 saturated carbocycles. The van der Waals surface area contributed by atoms with Gasteiger partial charge in [0, 0.05) is 5.92 Å². The molecule has 0 heterocycles. The van der Waals surface area contributed by atoms with Gasteiger partial charge in [-0.2, -0.15) is 0 Å². The number of rotatable bonds is 8. The predicted octanol–water partition coefficient (Wildman–Crippen LogP) is 4.32. The minimum atomic E-state index is 0.303. The van der Waals surface area contributed by atoms with E-state index in [1.807, 2.05) is 6.07 Å². The minimum absolute atomic E-state index is 0.303. The zero-order chi connectivity index (χ0) is 17.5. The zero-order valence-corrected chi connectivity index (χ0v) is 15.2. The summed E-state index contributed by atoms with van der Waals surface area (Å²) >= 11 is 0. The molecule has 0 radical (unpaired) electrons. The molecule has 0 saturated heterocycles. The maximum absolute atomic E-state index is 6.03. The van der Waals surface area contributed by atoms with Crippen LogP contribution >= 0.6 is 0 Å². The van der Waals surface area contributed by atoms with Crippen LogP contribution in [0.2, 0.25) is 0 Å². The summed E-state index contributed by atoms with van der Waals surface area (Å²) < 4.78 is 11.3. The van der Waals surface area contributed by atoms with Crippen LogP contribution < -0.4 is 15.2 Å². The number of nitrogens with two attached hydrogens (primary N) is 1. The van der Waals surface area contributed by atoms with Crippen LogP contribution in [0.5, 0.6) is 11.5 Å². The highest BCUT2D eigenvalue weighted by Gasteiger charge is 2.13. The van der Waals surface area contributed by atoms with E-state index >= 15 is 0 Å². The van der Waals surface area contributed by atoms with E-state index in [9.17, 15) is 0 Å². The van der Waals surface area contributed by atoms with Gasteiger partial charge < -0.3 is 15.2 Å². The Balaban J connectivity index is 2.17. The molecule has 1 unspecified atom stereocenters. The van der Waals surface area contributed by atoms with Gasteiger partial charge in [0.25, 0.3) is 0 Å². The summed E-state index contributed by atoms with van der Waals surface area (Å²) in [6, 6.07) is 14.8. The van der Waals surface area contributed by atoms with E-state index in [0.29, 0.717) is 25.0 Å². The topological polar surface area (TPSA) is 44.5 Å². The van der Waals surface area contributed by atoms with Crippen molar-refractivity contribution >= 4 is 0 Å². The fourth-order valence-corrected chi connectivity index (χ4v) is 2.68. The molecule has 2 N–H and O–H groups in total. The van der Waals surface area contributed by atoms with Gasteiger partial charge in [-0.3, -0.25) is 0 Å². The number of ether oxygens (including phenoxy) is 2. The third-order valence-electron chi connectivity index (χ3n) is 4.12. The van der Waals surface area contributed by atoms with E-state index in [4.69, 9.17) is 15.2 Å². The summed E-state index contributed by atoms with van der Waals surface area (Å²) in [7, 11) is 1.67. The van der Waals surface area contributed by atoms with Crippen molar-refractivity contribution in [2.75, 3.05) is 20.3 Å². The van der Waals surface area contributed by atoms with Crippen molar-refractivity contribution in [3.8, 4) is 11.5 Å². The van der Waals surface area contributed by atoms with Crippen LogP contribution in [0.15, 0.2) is 42.5 Å². The van der Waals surface area contributed by atoms with Gasteiger partial charge in [0.05, 0.1) is 13.7 Å². The Labute approximate surface area is 145 Å². The van der Waals surface area contributed by atoms with Crippen LogP contribution in [0.25, 0.3) is 0 Å². The molecule has 0 aromatic heterocycles. The molecule has 0 spiro atoms. The predicted molar refractivity (Wildman–Crippen MR) is 100 cm³/mol. The number of hydrogen-bond donors (Lipinski definition) is 1. The van der Waals surface area contributed by atoms with Crippen LogP contribution in [0.3, 0.4) is 0 Å². The molecule has 130 valence electrons. The molecular weight excluding hydrogens is 298 g/mol. The van der Waals surface area contributed by atoms with Crippen LogP contribution in [-0.2, 0) is 6.42 Å². The fraction of sp³-hybridized carbons (Fsp3) is 0.429. The van der Waals surface area contributed by atoms with Crippen molar-refractivity contribution in [1.29, 1.82) is 0 Å². The molecule has 0 aliphatic carbocycles. The number of methoxy groups -OCH3 is 1. The molecule has 3 heteroatoms. The first kappa shape index (κ1) is 18.3. The Kier molecular flexibility index (Phi) is 6.68. The summed E-state index contributed by atoms with van der Waals surface area (Å²) in [6.07, 6.45) is 0.890. The van der Waals surface area contributed by atoms with Crippen LogP contribution in [0.1, 0.15) is 36.5 Å². The van der Waals surface area contributed by atoms with Gasteiger partial charge in [0.1, 0.15) is 0 Å². The molecule has 0 bridgehead atoms. The lowest BCUT2D eigenvalue weighted by Gasteiger charge is -2.18. The normalized spacial score (nSPS) is 12.2. The third kappa shape index (κ3) is 5.00. The molecule has 2 rings (SSSR count). The molecule has 0 aliphatic heterocycles. The van der Waals surface area contributed by atoms with Gasteiger partial charge in [0.2, 0.25) is 0 Å². The molecule has 24 heavy (non-hydrogen) atoms. The lowest BCUT2D eigenvalue weighted by atomic mass is 9.91. The van der Waals surface area contributed by atoms with Crippen LogP contribution in [0, 0.1) is 12.8 Å². The Hall–Kier alpha value is -2.00. The molecule has 0 fully saturated rings. The van der Waals surface area contributed by atoms with E-state index in [0.717, 1.165) is 17.9 Å². The van der Waals surface area contributed by atoms with E-state index in [2.05, 4.69) is 57.2 Å². The van der Waals surface area contributed by atoms with Gasteiger partial charge >= 0.3 is 0 Å². The Morgan fingerprint density at radius 2 is 1.71 bits per heavy atom. The van der Waals surface area contributed by atoms with Gasteiger partial charge in [-0.05, 0) is 49.1 Å². The van der Waals surface area contributed by atoms with E-state index < -0.39 is 0 Å². The highest BCUT2D eigenvalue weighted by molar-refractivity contribution is 5.43. The first-order valence-corrected chi connectivity index (χ1v) is 8.59. The molecule has 1 atom stereocenters. The summed E-state index contributed by atoms with van der Waals surface area (Å²) in [5, 5.41) is 0. The average Bonchev–Trinajstić information content (AvgIpc) is 2.58. The summed E-state index contributed by atoms with van der Waals surface area (Å²) in [6.45, 7) is 7.68. The molecular formula is C21H29NO2. The molecule has 3 nitrogen and oxygen atoms in total. The standard InChI is InChI=1S/C21H29NO2/c1-15(2)14-24-21-12-17(7-10-20(21)23-4)11-19(13-22)18-8-5-16(3)6-9-18/h5-10,12,15,19H,11,13-14,22H2,1-4H3. The lowest BCUT2D eigenvalue weighted by molar-refractivity contribution is 0.256. The monoisotopic (exact) mass is 327 g/mol. The Morgan fingerprint density at radius 3 is 2.29 bits per heavy atom. The van der Waals surface area contributed by atoms with Crippen molar-refractivity contribution in [2.24, 2.45) is 11.7 Å². The number of benzene rings is 2. The van der Waals surface area contributed by atoms with Crippen molar-refractivity contribution in [3.63, 3.8) is 0 Å². The smallest absolute Gasteiger partial charge is 0.161 e. The second-order valence-electron chi connectivity index (χ2n) is 6.74. The van der Waals surface area contributed by atoms with Crippen LogP contribution in [-0.4, -0.2) is 20.3 Å². The SMILES string of the molecule is COc1ccc(CC(CN)c2ccc(C)cc2)cc1OCC(C)C. The first-order chi connectivity index (χ1) is 11.5. The summed E-state index contributed by atoms with van der Waals surface area (Å²) in [5.74, 6) is 2.36. The minimum Gasteiger partial charge on any atom is -0.493 e. The Bertz CT molecular complexity index is 635. The van der Waals surface area contributed by atoms with Crippen molar-refractivity contribution in [3.05, 3.63) is 59.2 Å². The van der Waals surface area contributed by atoms with Crippen molar-refractivity contribution in [2.45, 2.75) is 33.1 Å². The Morgan fingerprint density at radius 1 is 1.00 bits per heavy atom. The maximum atomic E-state index is 6.03. The van der Waals surface area contributed by atoms with Crippen LogP contribution in [0.4, 0.5) is 0 Å². The highest BCUT2D eigenvalue weighted by Crippen LogP contribution is 2.30. The van der Waals surface area contributed by atoms with Crippen molar-refractivity contribution < 1.29 is 9.47 Å². The second-order valence-corrected chi connectivity index (χ2v) is 6.74. The molecule has 2 aromatic rings. The second kappa shape index (κ2) is 8.74.